The lowest BCUT2D eigenvalue weighted by atomic mass is 10.0. The van der Waals surface area contributed by atoms with Crippen molar-refractivity contribution >= 4 is 18.3 Å². The summed E-state index contributed by atoms with van der Waals surface area (Å²) in [6.07, 6.45) is 3.50. The van der Waals surface area contributed by atoms with Crippen LogP contribution in [0.3, 0.4) is 0 Å². The molecule has 0 saturated heterocycles. The van der Waals surface area contributed by atoms with Gasteiger partial charge in [0.1, 0.15) is 5.82 Å². The maximum atomic E-state index is 13.1. The fourth-order valence-electron chi connectivity index (χ4n) is 3.69. The minimum Gasteiger partial charge on any atom is -0.353 e. The second kappa shape index (κ2) is 8.64. The third-order valence-electron chi connectivity index (χ3n) is 5.16. The zero-order valence-electron chi connectivity index (χ0n) is 15.2. The van der Waals surface area contributed by atoms with Crippen molar-refractivity contribution in [1.29, 1.82) is 0 Å². The van der Waals surface area contributed by atoms with E-state index in [9.17, 15) is 9.18 Å². The Morgan fingerprint density at radius 1 is 1.31 bits per heavy atom. The summed E-state index contributed by atoms with van der Waals surface area (Å²) in [5.74, 6) is 0.110. The molecule has 1 heterocycles. The van der Waals surface area contributed by atoms with Crippen molar-refractivity contribution in [3.8, 4) is 5.69 Å². The van der Waals surface area contributed by atoms with E-state index in [2.05, 4.69) is 10.4 Å². The van der Waals surface area contributed by atoms with E-state index in [0.29, 0.717) is 18.9 Å². The molecule has 2 aromatic rings. The van der Waals surface area contributed by atoms with Crippen molar-refractivity contribution in [3.63, 3.8) is 0 Å². The maximum absolute atomic E-state index is 13.1. The minimum atomic E-state index is -0.282. The molecule has 7 heteroatoms. The highest BCUT2D eigenvalue weighted by Crippen LogP contribution is 2.25. The molecule has 1 fully saturated rings. The molecule has 0 bridgehead atoms. The molecule has 1 aromatic heterocycles. The first-order valence-electron chi connectivity index (χ1n) is 8.80. The molecule has 142 valence electrons. The second-order valence-corrected chi connectivity index (χ2v) is 6.82. The average molecular weight is 381 g/mol. The van der Waals surface area contributed by atoms with Gasteiger partial charge in [-0.2, -0.15) is 5.10 Å². The Balaban J connectivity index is 0.00000243. The van der Waals surface area contributed by atoms with E-state index in [1.165, 1.54) is 12.1 Å². The molecule has 0 aliphatic heterocycles. The van der Waals surface area contributed by atoms with Crippen LogP contribution in [0.4, 0.5) is 4.39 Å². The normalized spacial score (nSPS) is 19.2. The van der Waals surface area contributed by atoms with E-state index in [1.54, 1.807) is 16.8 Å². The SMILES string of the molecule is Cc1nn(-c2ccc(F)cc2)c(C)c1CC(=O)NC1CCCC1CN.Cl. The quantitative estimate of drug-likeness (QED) is 0.837. The molecular weight excluding hydrogens is 355 g/mol. The summed E-state index contributed by atoms with van der Waals surface area (Å²) >= 11 is 0. The minimum absolute atomic E-state index is 0. The maximum Gasteiger partial charge on any atom is 0.224 e. The highest BCUT2D eigenvalue weighted by molar-refractivity contribution is 5.85. The second-order valence-electron chi connectivity index (χ2n) is 6.82. The molecule has 0 spiro atoms. The summed E-state index contributed by atoms with van der Waals surface area (Å²) in [5.41, 5.74) is 9.22. The first-order valence-corrected chi connectivity index (χ1v) is 8.80. The number of carbonyl (C=O) groups excluding carboxylic acids is 1. The fourth-order valence-corrected chi connectivity index (χ4v) is 3.69. The topological polar surface area (TPSA) is 72.9 Å². The van der Waals surface area contributed by atoms with E-state index < -0.39 is 0 Å². The van der Waals surface area contributed by atoms with E-state index >= 15 is 0 Å². The van der Waals surface area contributed by atoms with Crippen molar-refractivity contribution in [2.24, 2.45) is 11.7 Å². The Bertz CT molecular complexity index is 760. The van der Waals surface area contributed by atoms with Gasteiger partial charge in [0.05, 0.1) is 17.8 Å². The summed E-state index contributed by atoms with van der Waals surface area (Å²) in [6.45, 7) is 4.45. The summed E-state index contributed by atoms with van der Waals surface area (Å²) in [4.78, 5) is 12.5. The fraction of sp³-hybridized carbons (Fsp3) is 0.474. The standard InChI is InChI=1S/C19H25FN4O.ClH/c1-12-17(10-19(25)22-18-5-3-4-14(18)11-21)13(2)24(23-12)16-8-6-15(20)7-9-16;/h6-9,14,18H,3-5,10-11,21H2,1-2H3,(H,22,25);1H. The molecule has 3 rings (SSSR count). The largest absolute Gasteiger partial charge is 0.353 e. The van der Waals surface area contributed by atoms with Crippen molar-refractivity contribution in [3.05, 3.63) is 47.0 Å². The zero-order valence-corrected chi connectivity index (χ0v) is 16.0. The Kier molecular flexibility index (Phi) is 6.78. The lowest BCUT2D eigenvalue weighted by Gasteiger charge is -2.19. The van der Waals surface area contributed by atoms with Gasteiger partial charge < -0.3 is 11.1 Å². The Morgan fingerprint density at radius 3 is 2.65 bits per heavy atom. The van der Waals surface area contributed by atoms with Gasteiger partial charge in [0.15, 0.2) is 0 Å². The highest BCUT2D eigenvalue weighted by atomic mass is 35.5. The third-order valence-corrected chi connectivity index (χ3v) is 5.16. The number of nitrogens with one attached hydrogen (secondary N) is 1. The van der Waals surface area contributed by atoms with Crippen LogP contribution >= 0.6 is 12.4 Å². The lowest BCUT2D eigenvalue weighted by molar-refractivity contribution is -0.121. The number of nitrogens with zero attached hydrogens (tertiary/aromatic N) is 2. The van der Waals surface area contributed by atoms with Crippen molar-refractivity contribution in [2.45, 2.75) is 45.6 Å². The molecule has 1 aromatic carbocycles. The Hall–Kier alpha value is -1.92. The Labute approximate surface area is 159 Å². The first-order chi connectivity index (χ1) is 12.0. The van der Waals surface area contributed by atoms with Crippen LogP contribution in [0.5, 0.6) is 0 Å². The summed E-state index contributed by atoms with van der Waals surface area (Å²) in [7, 11) is 0. The molecule has 2 unspecified atom stereocenters. The summed E-state index contributed by atoms with van der Waals surface area (Å²) in [5, 5.41) is 7.65. The summed E-state index contributed by atoms with van der Waals surface area (Å²) in [6, 6.07) is 6.37. The molecule has 2 atom stereocenters. The molecule has 5 nitrogen and oxygen atoms in total. The van der Waals surface area contributed by atoms with Gasteiger partial charge in [0.2, 0.25) is 5.91 Å². The molecule has 3 N–H and O–H groups in total. The smallest absolute Gasteiger partial charge is 0.224 e. The molecule has 1 aliphatic carbocycles. The van der Waals surface area contributed by atoms with Gasteiger partial charge in [0, 0.05) is 17.3 Å². The molecule has 1 aliphatic rings. The van der Waals surface area contributed by atoms with Gasteiger partial charge in [-0.3, -0.25) is 4.79 Å². The number of nitrogens with two attached hydrogens (primary N) is 1. The van der Waals surface area contributed by atoms with E-state index in [0.717, 1.165) is 41.9 Å². The van der Waals surface area contributed by atoms with Crippen LogP contribution in [0.1, 0.15) is 36.2 Å². The van der Waals surface area contributed by atoms with Gasteiger partial charge in [-0.1, -0.05) is 6.42 Å². The van der Waals surface area contributed by atoms with Crippen LogP contribution in [-0.2, 0) is 11.2 Å². The van der Waals surface area contributed by atoms with Gasteiger partial charge in [-0.05, 0) is 63.4 Å². The van der Waals surface area contributed by atoms with Crippen LogP contribution in [0.2, 0.25) is 0 Å². The number of amides is 1. The van der Waals surface area contributed by atoms with Gasteiger partial charge in [-0.25, -0.2) is 9.07 Å². The molecule has 0 radical (unpaired) electrons. The zero-order chi connectivity index (χ0) is 18.0. The monoisotopic (exact) mass is 380 g/mol. The third kappa shape index (κ3) is 4.24. The molecule has 26 heavy (non-hydrogen) atoms. The van der Waals surface area contributed by atoms with Gasteiger partial charge >= 0.3 is 0 Å². The van der Waals surface area contributed by atoms with Crippen LogP contribution in [0.25, 0.3) is 5.69 Å². The number of aryl methyl sites for hydroxylation is 1. The predicted octanol–water partition coefficient (Wildman–Crippen LogP) is 2.84. The number of benzene rings is 1. The number of rotatable bonds is 5. The van der Waals surface area contributed by atoms with Crippen LogP contribution in [0.15, 0.2) is 24.3 Å². The summed E-state index contributed by atoms with van der Waals surface area (Å²) < 4.78 is 14.9. The Morgan fingerprint density at radius 2 is 2.00 bits per heavy atom. The first kappa shape index (κ1) is 20.4. The van der Waals surface area contributed by atoms with E-state index in [-0.39, 0.29) is 30.2 Å². The van der Waals surface area contributed by atoms with E-state index in [1.807, 2.05) is 13.8 Å². The number of hydrogen-bond acceptors (Lipinski definition) is 3. The number of aromatic nitrogens is 2. The number of halogens is 2. The molecule has 1 amide bonds. The van der Waals surface area contributed by atoms with Gasteiger partial charge in [0.25, 0.3) is 0 Å². The van der Waals surface area contributed by atoms with Crippen molar-refractivity contribution < 1.29 is 9.18 Å². The van der Waals surface area contributed by atoms with E-state index in [4.69, 9.17) is 5.73 Å². The van der Waals surface area contributed by atoms with Crippen LogP contribution in [-0.4, -0.2) is 28.3 Å². The molecule has 1 saturated carbocycles. The highest BCUT2D eigenvalue weighted by Gasteiger charge is 2.27. The van der Waals surface area contributed by atoms with Crippen molar-refractivity contribution in [1.82, 2.24) is 15.1 Å². The predicted molar refractivity (Wildman–Crippen MR) is 102 cm³/mol. The van der Waals surface area contributed by atoms with Crippen molar-refractivity contribution in [2.75, 3.05) is 6.54 Å². The van der Waals surface area contributed by atoms with Gasteiger partial charge in [-0.15, -0.1) is 12.4 Å². The van der Waals surface area contributed by atoms with Crippen LogP contribution in [0, 0.1) is 25.6 Å². The lowest BCUT2D eigenvalue weighted by Crippen LogP contribution is -2.40. The average Bonchev–Trinajstić information content (AvgIpc) is 3.14. The number of carbonyl (C=O) groups is 1. The molecular formula is C19H26ClFN4O. The van der Waals surface area contributed by atoms with Crippen LogP contribution < -0.4 is 11.1 Å². The number of hydrogen-bond donors (Lipinski definition) is 2.